The van der Waals surface area contributed by atoms with Crippen LogP contribution in [-0.2, 0) is 10.8 Å². The first-order valence-corrected chi connectivity index (χ1v) is 7.58. The van der Waals surface area contributed by atoms with Crippen molar-refractivity contribution in [2.24, 2.45) is 5.92 Å². The lowest BCUT2D eigenvalue weighted by atomic mass is 10.2. The molecule has 0 aliphatic carbocycles. The molecule has 0 amide bonds. The number of hydrogen-bond acceptors (Lipinski definition) is 3. The average Bonchev–Trinajstić information content (AvgIpc) is 2.34. The Labute approximate surface area is 111 Å². The van der Waals surface area contributed by atoms with Gasteiger partial charge in [0.15, 0.2) is 0 Å². The van der Waals surface area contributed by atoms with Crippen molar-refractivity contribution in [3.8, 4) is 11.8 Å². The number of nitrogens with zero attached hydrogens (tertiary/aromatic N) is 1. The quantitative estimate of drug-likeness (QED) is 0.712. The zero-order chi connectivity index (χ0) is 13.4. The van der Waals surface area contributed by atoms with Gasteiger partial charge in [0.1, 0.15) is 5.75 Å². The molecule has 1 aromatic rings. The van der Waals surface area contributed by atoms with Gasteiger partial charge in [0.25, 0.3) is 0 Å². The second-order valence-corrected chi connectivity index (χ2v) is 6.17. The van der Waals surface area contributed by atoms with Crippen LogP contribution in [0.25, 0.3) is 0 Å². The van der Waals surface area contributed by atoms with Crippen LogP contribution in [0, 0.1) is 17.2 Å². The van der Waals surface area contributed by atoms with Gasteiger partial charge in [-0.2, -0.15) is 5.26 Å². The van der Waals surface area contributed by atoms with Gasteiger partial charge in [-0.25, -0.2) is 0 Å². The third-order valence-corrected chi connectivity index (χ3v) is 4.05. The van der Waals surface area contributed by atoms with Gasteiger partial charge in [0.2, 0.25) is 0 Å². The topological polar surface area (TPSA) is 50.1 Å². The first-order valence-electron chi connectivity index (χ1n) is 6.09. The highest BCUT2D eigenvalue weighted by molar-refractivity contribution is 7.84. The maximum atomic E-state index is 11.6. The molecule has 0 aromatic heterocycles. The van der Waals surface area contributed by atoms with Crippen molar-refractivity contribution in [3.63, 3.8) is 0 Å². The van der Waals surface area contributed by atoms with E-state index in [0.717, 1.165) is 12.2 Å². The summed E-state index contributed by atoms with van der Waals surface area (Å²) < 4.78 is 17.1. The molecule has 0 saturated carbocycles. The van der Waals surface area contributed by atoms with Crippen LogP contribution in [0.4, 0.5) is 0 Å². The third kappa shape index (κ3) is 5.83. The van der Waals surface area contributed by atoms with Crippen LogP contribution in [0.2, 0.25) is 0 Å². The molecule has 0 aliphatic heterocycles. The van der Waals surface area contributed by atoms with E-state index in [-0.39, 0.29) is 0 Å². The fourth-order valence-corrected chi connectivity index (χ4v) is 2.87. The summed E-state index contributed by atoms with van der Waals surface area (Å²) in [6.45, 7) is 4.68. The van der Waals surface area contributed by atoms with Crippen LogP contribution < -0.4 is 4.74 Å². The lowest BCUT2D eigenvalue weighted by molar-refractivity contribution is 0.318. The fraction of sp³-hybridized carbons (Fsp3) is 0.500. The Bertz CT molecular complexity index is 438. The van der Waals surface area contributed by atoms with Gasteiger partial charge < -0.3 is 4.74 Å². The minimum atomic E-state index is -0.746. The summed E-state index contributed by atoms with van der Waals surface area (Å²) in [5.74, 6) is 2.60. The highest BCUT2D eigenvalue weighted by Crippen LogP contribution is 2.12. The molecule has 0 bridgehead atoms. The number of ether oxygens (including phenoxy) is 1. The average molecular weight is 265 g/mol. The van der Waals surface area contributed by atoms with E-state index in [9.17, 15) is 4.21 Å². The molecule has 1 unspecified atom stereocenters. The Morgan fingerprint density at radius 2 is 2.22 bits per heavy atom. The summed E-state index contributed by atoms with van der Waals surface area (Å²) in [4.78, 5) is 0. The van der Waals surface area contributed by atoms with Crippen molar-refractivity contribution in [1.82, 2.24) is 0 Å². The lowest BCUT2D eigenvalue weighted by Crippen LogP contribution is -2.10. The second kappa shape index (κ2) is 7.88. The lowest BCUT2D eigenvalue weighted by Gasteiger charge is -2.07. The van der Waals surface area contributed by atoms with Crippen LogP contribution in [0.1, 0.15) is 25.8 Å². The van der Waals surface area contributed by atoms with Crippen LogP contribution in [0.3, 0.4) is 0 Å². The Hall–Kier alpha value is -1.34. The zero-order valence-electron chi connectivity index (χ0n) is 10.9. The molecule has 98 valence electrons. The second-order valence-electron chi connectivity index (χ2n) is 4.55. The molecule has 0 aliphatic rings. The van der Waals surface area contributed by atoms with Gasteiger partial charge in [0.05, 0.1) is 18.2 Å². The van der Waals surface area contributed by atoms with Crippen molar-refractivity contribution in [1.29, 1.82) is 5.26 Å². The van der Waals surface area contributed by atoms with E-state index in [1.165, 1.54) is 0 Å². The van der Waals surface area contributed by atoms with Gasteiger partial charge in [-0.3, -0.25) is 4.21 Å². The van der Waals surface area contributed by atoms with Crippen LogP contribution in [0.5, 0.6) is 5.75 Å². The van der Waals surface area contributed by atoms with E-state index in [2.05, 4.69) is 19.9 Å². The molecule has 1 aromatic carbocycles. The van der Waals surface area contributed by atoms with Crippen molar-refractivity contribution in [3.05, 3.63) is 29.8 Å². The molecule has 0 saturated heterocycles. The summed E-state index contributed by atoms with van der Waals surface area (Å²) in [6.07, 6.45) is 0.774. The van der Waals surface area contributed by atoms with Gasteiger partial charge >= 0.3 is 0 Å². The van der Waals surface area contributed by atoms with Gasteiger partial charge in [-0.1, -0.05) is 19.9 Å². The summed E-state index contributed by atoms with van der Waals surface area (Å²) in [5, 5.41) is 8.74. The first-order chi connectivity index (χ1) is 8.61. The fourth-order valence-electron chi connectivity index (χ4n) is 1.52. The van der Waals surface area contributed by atoms with Crippen molar-refractivity contribution >= 4 is 10.8 Å². The highest BCUT2D eigenvalue weighted by atomic mass is 32.2. The van der Waals surface area contributed by atoms with Crippen molar-refractivity contribution in [2.75, 3.05) is 18.1 Å². The zero-order valence-corrected chi connectivity index (χ0v) is 11.7. The SMILES string of the molecule is CC(C)CS(=O)CCCOc1cccc(C#N)c1. The van der Waals surface area contributed by atoms with E-state index in [1.54, 1.807) is 18.2 Å². The third-order valence-electron chi connectivity index (χ3n) is 2.27. The molecule has 1 rings (SSSR count). The predicted octanol–water partition coefficient (Wildman–Crippen LogP) is 2.73. The Kier molecular flexibility index (Phi) is 6.45. The maximum absolute atomic E-state index is 11.6. The smallest absolute Gasteiger partial charge is 0.120 e. The van der Waals surface area contributed by atoms with E-state index in [1.807, 2.05) is 6.07 Å². The Balaban J connectivity index is 2.25. The molecule has 0 radical (unpaired) electrons. The monoisotopic (exact) mass is 265 g/mol. The molecule has 18 heavy (non-hydrogen) atoms. The molecule has 4 heteroatoms. The molecular weight excluding hydrogens is 246 g/mol. The Morgan fingerprint density at radius 3 is 2.89 bits per heavy atom. The number of nitriles is 1. The molecule has 0 fully saturated rings. The van der Waals surface area contributed by atoms with Gasteiger partial charge in [0, 0.05) is 22.3 Å². The summed E-state index contributed by atoms with van der Waals surface area (Å²) in [5.41, 5.74) is 0.593. The number of hydrogen-bond donors (Lipinski definition) is 0. The molecular formula is C14H19NO2S. The summed E-state index contributed by atoms with van der Waals surface area (Å²) >= 11 is 0. The van der Waals surface area contributed by atoms with Gasteiger partial charge in [-0.05, 0) is 30.5 Å². The molecule has 0 heterocycles. The summed E-state index contributed by atoms with van der Waals surface area (Å²) in [6, 6.07) is 9.14. The standard InChI is InChI=1S/C14H19NO2S/c1-12(2)11-18(16)8-4-7-17-14-6-3-5-13(9-14)10-15/h3,5-6,9,12H,4,7-8,11H2,1-2H3. The number of benzene rings is 1. The maximum Gasteiger partial charge on any atom is 0.120 e. The van der Waals surface area contributed by atoms with E-state index in [4.69, 9.17) is 10.00 Å². The molecule has 0 N–H and O–H groups in total. The van der Waals surface area contributed by atoms with Crippen LogP contribution in [-0.4, -0.2) is 22.3 Å². The van der Waals surface area contributed by atoms with E-state index >= 15 is 0 Å². The molecule has 3 nitrogen and oxygen atoms in total. The largest absolute Gasteiger partial charge is 0.494 e. The molecule has 1 atom stereocenters. The summed E-state index contributed by atoms with van der Waals surface area (Å²) in [7, 11) is -0.746. The molecule has 0 spiro atoms. The van der Waals surface area contributed by atoms with Gasteiger partial charge in [-0.15, -0.1) is 0 Å². The van der Waals surface area contributed by atoms with Crippen molar-refractivity contribution < 1.29 is 8.95 Å². The minimum absolute atomic E-state index is 0.471. The van der Waals surface area contributed by atoms with E-state index in [0.29, 0.717) is 29.6 Å². The van der Waals surface area contributed by atoms with E-state index < -0.39 is 10.8 Å². The van der Waals surface area contributed by atoms with Crippen LogP contribution in [0.15, 0.2) is 24.3 Å². The van der Waals surface area contributed by atoms with Crippen LogP contribution >= 0.6 is 0 Å². The van der Waals surface area contributed by atoms with Crippen molar-refractivity contribution in [2.45, 2.75) is 20.3 Å². The Morgan fingerprint density at radius 1 is 1.44 bits per heavy atom. The number of rotatable bonds is 7. The minimum Gasteiger partial charge on any atom is -0.494 e. The normalized spacial score (nSPS) is 12.1. The predicted molar refractivity (Wildman–Crippen MR) is 74.0 cm³/mol. The highest BCUT2D eigenvalue weighted by Gasteiger charge is 2.03. The first kappa shape index (κ1) is 14.7.